The molecule has 0 aromatic heterocycles. The number of carbonyl (C=O) groups is 1. The first-order chi connectivity index (χ1) is 13.7. The molecule has 0 radical (unpaired) electrons. The Kier molecular flexibility index (Phi) is 7.25. The molecule has 2 aromatic rings. The molecule has 1 amide bonds. The number of carbonyl (C=O) groups excluding carboxylic acids is 1. The minimum atomic E-state index is -0.280. The Bertz CT molecular complexity index is 797. The maximum absolute atomic E-state index is 13.7. The summed E-state index contributed by atoms with van der Waals surface area (Å²) in [5.41, 5.74) is 1.58. The van der Waals surface area contributed by atoms with Crippen LogP contribution in [0, 0.1) is 5.82 Å². The van der Waals surface area contributed by atoms with Gasteiger partial charge in [0.05, 0.1) is 7.11 Å². The number of nitrogens with one attached hydrogen (secondary N) is 1. The van der Waals surface area contributed by atoms with Crippen molar-refractivity contribution in [3.63, 3.8) is 0 Å². The van der Waals surface area contributed by atoms with Crippen LogP contribution in [0.15, 0.2) is 42.5 Å². The summed E-state index contributed by atoms with van der Waals surface area (Å²) in [6, 6.07) is 12.3. The van der Waals surface area contributed by atoms with E-state index in [1.807, 2.05) is 23.1 Å². The molecule has 0 saturated carbocycles. The minimum Gasteiger partial charge on any atom is -0.493 e. The number of ether oxygens (including phenoxy) is 2. The van der Waals surface area contributed by atoms with Gasteiger partial charge in [0.25, 0.3) is 0 Å². The standard InChI is InChI=1S/C22H27FN2O3/c1-27-21-14-17(15-24-11-5-13-25-12-4-8-22(25)26)9-10-20(21)28-16-18-6-2-3-7-19(18)23/h2-3,6-7,9-10,14,24H,4-5,8,11-13,15-16H2,1H3. The number of halogens is 1. The fraction of sp³-hybridized carbons (Fsp3) is 0.409. The Hall–Kier alpha value is -2.60. The Balaban J connectivity index is 1.46. The molecule has 28 heavy (non-hydrogen) atoms. The van der Waals surface area contributed by atoms with Gasteiger partial charge in [-0.2, -0.15) is 0 Å². The molecule has 6 heteroatoms. The highest BCUT2D eigenvalue weighted by atomic mass is 19.1. The van der Waals surface area contributed by atoms with E-state index in [1.165, 1.54) is 6.07 Å². The molecule has 1 fully saturated rings. The third-order valence-corrected chi connectivity index (χ3v) is 4.85. The van der Waals surface area contributed by atoms with Gasteiger partial charge in [0.1, 0.15) is 12.4 Å². The van der Waals surface area contributed by atoms with E-state index >= 15 is 0 Å². The van der Waals surface area contributed by atoms with Gasteiger partial charge in [-0.3, -0.25) is 4.79 Å². The molecule has 1 saturated heterocycles. The first-order valence-electron chi connectivity index (χ1n) is 9.69. The maximum Gasteiger partial charge on any atom is 0.222 e. The van der Waals surface area contributed by atoms with Crippen LogP contribution in [-0.2, 0) is 17.9 Å². The summed E-state index contributed by atoms with van der Waals surface area (Å²) in [7, 11) is 1.59. The molecule has 1 aliphatic rings. The molecular formula is C22H27FN2O3. The second-order valence-electron chi connectivity index (χ2n) is 6.88. The number of benzene rings is 2. The lowest BCUT2D eigenvalue weighted by molar-refractivity contribution is -0.127. The fourth-order valence-corrected chi connectivity index (χ4v) is 3.28. The third kappa shape index (κ3) is 5.45. The molecule has 0 spiro atoms. The average Bonchev–Trinajstić information content (AvgIpc) is 3.12. The highest BCUT2D eigenvalue weighted by Crippen LogP contribution is 2.29. The van der Waals surface area contributed by atoms with E-state index in [0.29, 0.717) is 30.0 Å². The van der Waals surface area contributed by atoms with Crippen LogP contribution in [0.25, 0.3) is 0 Å². The number of rotatable bonds is 10. The molecule has 1 aliphatic heterocycles. The first-order valence-corrected chi connectivity index (χ1v) is 9.69. The van der Waals surface area contributed by atoms with E-state index in [1.54, 1.807) is 25.3 Å². The van der Waals surface area contributed by atoms with Crippen LogP contribution in [0.1, 0.15) is 30.4 Å². The van der Waals surface area contributed by atoms with Gasteiger partial charge in [-0.25, -0.2) is 4.39 Å². The summed E-state index contributed by atoms with van der Waals surface area (Å²) in [4.78, 5) is 13.5. The largest absolute Gasteiger partial charge is 0.493 e. The van der Waals surface area contributed by atoms with E-state index < -0.39 is 0 Å². The molecule has 150 valence electrons. The number of nitrogens with zero attached hydrogens (tertiary/aromatic N) is 1. The van der Waals surface area contributed by atoms with E-state index in [0.717, 1.165) is 38.0 Å². The highest BCUT2D eigenvalue weighted by molar-refractivity contribution is 5.77. The number of methoxy groups -OCH3 is 1. The van der Waals surface area contributed by atoms with Crippen molar-refractivity contribution in [1.29, 1.82) is 0 Å². The Morgan fingerprint density at radius 1 is 1.18 bits per heavy atom. The predicted molar refractivity (Wildman–Crippen MR) is 106 cm³/mol. The first kappa shape index (κ1) is 20.1. The SMILES string of the molecule is COc1cc(CNCCCN2CCCC2=O)ccc1OCc1ccccc1F. The van der Waals surface area contributed by atoms with Crippen LogP contribution < -0.4 is 14.8 Å². The third-order valence-electron chi connectivity index (χ3n) is 4.85. The smallest absolute Gasteiger partial charge is 0.222 e. The van der Waals surface area contributed by atoms with Gasteiger partial charge in [-0.15, -0.1) is 0 Å². The van der Waals surface area contributed by atoms with Gasteiger partial charge < -0.3 is 19.7 Å². The molecule has 3 rings (SSSR count). The van der Waals surface area contributed by atoms with Crippen molar-refractivity contribution in [2.45, 2.75) is 32.4 Å². The summed E-state index contributed by atoms with van der Waals surface area (Å²) in [5, 5.41) is 3.39. The quantitative estimate of drug-likeness (QED) is 0.635. The molecule has 0 atom stereocenters. The van der Waals surface area contributed by atoms with Gasteiger partial charge in [-0.1, -0.05) is 24.3 Å². The molecule has 5 nitrogen and oxygen atoms in total. The van der Waals surface area contributed by atoms with Crippen molar-refractivity contribution in [1.82, 2.24) is 10.2 Å². The Labute approximate surface area is 165 Å². The minimum absolute atomic E-state index is 0.149. The molecule has 1 N–H and O–H groups in total. The maximum atomic E-state index is 13.7. The van der Waals surface area contributed by atoms with E-state index in [9.17, 15) is 9.18 Å². The predicted octanol–water partition coefficient (Wildman–Crippen LogP) is 3.52. The van der Waals surface area contributed by atoms with Crippen LogP contribution in [0.4, 0.5) is 4.39 Å². The van der Waals surface area contributed by atoms with Gasteiger partial charge >= 0.3 is 0 Å². The van der Waals surface area contributed by atoms with E-state index in [-0.39, 0.29) is 18.3 Å². The van der Waals surface area contributed by atoms with Crippen molar-refractivity contribution >= 4 is 5.91 Å². The molecule has 0 unspecified atom stereocenters. The second-order valence-corrected chi connectivity index (χ2v) is 6.88. The van der Waals surface area contributed by atoms with Crippen molar-refractivity contribution in [2.24, 2.45) is 0 Å². The summed E-state index contributed by atoms with van der Waals surface area (Å²) >= 11 is 0. The van der Waals surface area contributed by atoms with E-state index in [4.69, 9.17) is 9.47 Å². The normalized spacial score (nSPS) is 13.8. The van der Waals surface area contributed by atoms with Crippen molar-refractivity contribution in [3.05, 3.63) is 59.4 Å². The number of likely N-dealkylation sites (tertiary alicyclic amines) is 1. The van der Waals surface area contributed by atoms with Crippen molar-refractivity contribution in [3.8, 4) is 11.5 Å². The molecule has 0 bridgehead atoms. The summed E-state index contributed by atoms with van der Waals surface area (Å²) in [5.74, 6) is 1.20. The zero-order valence-corrected chi connectivity index (χ0v) is 16.2. The van der Waals surface area contributed by atoms with Gasteiger partial charge in [0.15, 0.2) is 11.5 Å². The zero-order chi connectivity index (χ0) is 19.8. The molecule has 0 aliphatic carbocycles. The monoisotopic (exact) mass is 386 g/mol. The Morgan fingerprint density at radius 3 is 2.79 bits per heavy atom. The zero-order valence-electron chi connectivity index (χ0n) is 16.2. The molecular weight excluding hydrogens is 359 g/mol. The lowest BCUT2D eigenvalue weighted by Crippen LogP contribution is -2.28. The topological polar surface area (TPSA) is 50.8 Å². The summed E-state index contributed by atoms with van der Waals surface area (Å²) in [6.07, 6.45) is 2.61. The molecule has 1 heterocycles. The van der Waals surface area contributed by atoms with Crippen LogP contribution >= 0.6 is 0 Å². The van der Waals surface area contributed by atoms with Crippen molar-refractivity contribution in [2.75, 3.05) is 26.7 Å². The summed E-state index contributed by atoms with van der Waals surface area (Å²) in [6.45, 7) is 3.41. The Morgan fingerprint density at radius 2 is 2.04 bits per heavy atom. The highest BCUT2D eigenvalue weighted by Gasteiger charge is 2.18. The lowest BCUT2D eigenvalue weighted by atomic mass is 10.2. The number of hydrogen-bond acceptors (Lipinski definition) is 4. The van der Waals surface area contributed by atoms with Gasteiger partial charge in [0.2, 0.25) is 5.91 Å². The second kappa shape index (κ2) is 10.1. The average molecular weight is 386 g/mol. The molecule has 2 aromatic carbocycles. The van der Waals surface area contributed by atoms with E-state index in [2.05, 4.69) is 5.32 Å². The van der Waals surface area contributed by atoms with Crippen LogP contribution in [0.3, 0.4) is 0 Å². The lowest BCUT2D eigenvalue weighted by Gasteiger charge is -2.15. The van der Waals surface area contributed by atoms with Crippen LogP contribution in [0.2, 0.25) is 0 Å². The van der Waals surface area contributed by atoms with Gasteiger partial charge in [-0.05, 0) is 43.1 Å². The van der Waals surface area contributed by atoms with Gasteiger partial charge in [0, 0.05) is 31.6 Å². The van der Waals surface area contributed by atoms with Crippen LogP contribution in [0.5, 0.6) is 11.5 Å². The summed E-state index contributed by atoms with van der Waals surface area (Å²) < 4.78 is 24.9. The number of amides is 1. The fourth-order valence-electron chi connectivity index (χ4n) is 3.28. The van der Waals surface area contributed by atoms with Crippen LogP contribution in [-0.4, -0.2) is 37.6 Å². The number of hydrogen-bond donors (Lipinski definition) is 1. The van der Waals surface area contributed by atoms with Crippen molar-refractivity contribution < 1.29 is 18.7 Å².